The van der Waals surface area contributed by atoms with Crippen molar-refractivity contribution in [2.45, 2.75) is 37.6 Å². The van der Waals surface area contributed by atoms with E-state index in [4.69, 9.17) is 4.74 Å². The number of rotatable bonds is 4. The van der Waals surface area contributed by atoms with Gasteiger partial charge in [0.25, 0.3) is 0 Å². The Morgan fingerprint density at radius 3 is 2.22 bits per heavy atom. The zero-order chi connectivity index (χ0) is 19.6. The van der Waals surface area contributed by atoms with Crippen molar-refractivity contribution in [1.82, 2.24) is 0 Å². The molecule has 0 radical (unpaired) electrons. The highest BCUT2D eigenvalue weighted by Gasteiger charge is 2.30. The molecule has 0 saturated carbocycles. The lowest BCUT2D eigenvalue weighted by Crippen LogP contribution is -2.90. The third kappa shape index (κ3) is 4.70. The number of ether oxygens (including phenoxy) is 1. The first kappa shape index (κ1) is 19.5. The summed E-state index contributed by atoms with van der Waals surface area (Å²) in [6, 6.07) is 14.1. The number of thioether (sulfide) groups is 1. The van der Waals surface area contributed by atoms with Crippen LogP contribution < -0.4 is 15.2 Å². The summed E-state index contributed by atoms with van der Waals surface area (Å²) < 4.78 is 5.44. The van der Waals surface area contributed by atoms with Crippen LogP contribution >= 0.6 is 11.8 Å². The Labute approximate surface area is 163 Å². The van der Waals surface area contributed by atoms with Gasteiger partial charge in [0.05, 0.1) is 11.3 Å². The van der Waals surface area contributed by atoms with Crippen molar-refractivity contribution >= 4 is 23.7 Å². The van der Waals surface area contributed by atoms with E-state index in [0.29, 0.717) is 17.1 Å². The van der Waals surface area contributed by atoms with Gasteiger partial charge in [-0.1, -0.05) is 44.7 Å². The Morgan fingerprint density at radius 2 is 1.70 bits per heavy atom. The van der Waals surface area contributed by atoms with Crippen molar-refractivity contribution in [2.75, 3.05) is 5.75 Å². The molecule has 0 bridgehead atoms. The molecule has 2 aromatic rings. The molecule has 1 saturated heterocycles. The fourth-order valence-electron chi connectivity index (χ4n) is 2.88. The number of benzene rings is 2. The molecule has 0 amide bonds. The Balaban J connectivity index is 1.63. The number of hydrogen-bond acceptors (Lipinski definition) is 5. The van der Waals surface area contributed by atoms with Gasteiger partial charge in [-0.3, -0.25) is 0 Å². The largest absolute Gasteiger partial charge is 0.544 e. The molecule has 2 atom stereocenters. The fourth-order valence-corrected chi connectivity index (χ4v) is 4.19. The summed E-state index contributed by atoms with van der Waals surface area (Å²) >= 11 is 1.57. The minimum absolute atomic E-state index is 0.0163. The van der Waals surface area contributed by atoms with Gasteiger partial charge in [-0.05, 0) is 47.4 Å². The van der Waals surface area contributed by atoms with Crippen LogP contribution in [-0.4, -0.2) is 23.7 Å². The summed E-state index contributed by atoms with van der Waals surface area (Å²) in [6.07, 6.45) is 0. The first-order valence-electron chi connectivity index (χ1n) is 8.84. The zero-order valence-electron chi connectivity index (χ0n) is 15.6. The van der Waals surface area contributed by atoms with Crippen LogP contribution in [0.4, 0.5) is 0 Å². The summed E-state index contributed by atoms with van der Waals surface area (Å²) in [5, 5.41) is 12.8. The van der Waals surface area contributed by atoms with E-state index in [2.05, 4.69) is 20.8 Å². The predicted octanol–water partition coefficient (Wildman–Crippen LogP) is 1.63. The second kappa shape index (κ2) is 7.74. The second-order valence-electron chi connectivity index (χ2n) is 7.66. The number of carboxylic acid groups (broad SMARTS) is 1. The van der Waals surface area contributed by atoms with Crippen molar-refractivity contribution in [3.05, 3.63) is 65.2 Å². The fraction of sp³-hybridized carbons (Fsp3) is 0.333. The lowest BCUT2D eigenvalue weighted by Gasteiger charge is -2.18. The van der Waals surface area contributed by atoms with Gasteiger partial charge in [-0.25, -0.2) is 4.79 Å². The third-order valence-corrected chi connectivity index (χ3v) is 5.91. The number of hydrogen-bond donors (Lipinski definition) is 1. The smallest absolute Gasteiger partial charge is 0.343 e. The van der Waals surface area contributed by atoms with E-state index < -0.39 is 18.0 Å². The minimum Gasteiger partial charge on any atom is -0.544 e. The van der Waals surface area contributed by atoms with Gasteiger partial charge in [0, 0.05) is 5.56 Å². The van der Waals surface area contributed by atoms with Crippen molar-refractivity contribution in [3.63, 3.8) is 0 Å². The normalized spacial score (nSPS) is 19.7. The molecular weight excluding hydrogens is 362 g/mol. The van der Waals surface area contributed by atoms with E-state index in [0.717, 1.165) is 11.1 Å². The van der Waals surface area contributed by atoms with Crippen molar-refractivity contribution < 1.29 is 24.7 Å². The van der Waals surface area contributed by atoms with Crippen LogP contribution in [0.5, 0.6) is 5.75 Å². The standard InChI is InChI=1S/C21H23NO4S/c1-21(2,3)15-8-4-14(5-9-15)20(25)26-16-10-6-13(7-11-16)18-22-17(12-27-18)19(23)24/h4-11,17-18,22H,12H2,1-3H3,(H,23,24)/t17-,18+/m1/s1. The third-order valence-electron chi connectivity index (χ3n) is 4.57. The van der Waals surface area contributed by atoms with Gasteiger partial charge in [-0.2, -0.15) is 0 Å². The SMILES string of the molecule is CC(C)(C)c1ccc(C(=O)Oc2ccc([C@H]3[NH2+][C@@H](C(=O)[O-])CS3)cc2)cc1. The van der Waals surface area contributed by atoms with Crippen LogP contribution in [0.15, 0.2) is 48.5 Å². The van der Waals surface area contributed by atoms with Gasteiger partial charge in [0.15, 0.2) is 5.37 Å². The lowest BCUT2D eigenvalue weighted by atomic mass is 9.87. The van der Waals surface area contributed by atoms with E-state index in [1.165, 1.54) is 0 Å². The van der Waals surface area contributed by atoms with Crippen molar-refractivity contribution in [2.24, 2.45) is 0 Å². The van der Waals surface area contributed by atoms with Crippen molar-refractivity contribution in [3.8, 4) is 5.75 Å². The van der Waals surface area contributed by atoms with E-state index in [9.17, 15) is 14.7 Å². The molecule has 5 nitrogen and oxygen atoms in total. The van der Waals surface area contributed by atoms with E-state index in [-0.39, 0.29) is 10.8 Å². The van der Waals surface area contributed by atoms with Gasteiger partial charge < -0.3 is 20.0 Å². The Bertz CT molecular complexity index is 825. The monoisotopic (exact) mass is 385 g/mol. The highest BCUT2D eigenvalue weighted by Crippen LogP contribution is 2.28. The second-order valence-corrected chi connectivity index (χ2v) is 8.83. The Morgan fingerprint density at radius 1 is 1.07 bits per heavy atom. The summed E-state index contributed by atoms with van der Waals surface area (Å²) in [4.78, 5) is 23.3. The molecule has 1 aliphatic rings. The van der Waals surface area contributed by atoms with Crippen LogP contribution in [0.25, 0.3) is 0 Å². The summed E-state index contributed by atoms with van der Waals surface area (Å²) in [7, 11) is 0. The molecule has 0 unspecified atom stereocenters. The predicted molar refractivity (Wildman–Crippen MR) is 102 cm³/mol. The quantitative estimate of drug-likeness (QED) is 0.639. The molecule has 6 heteroatoms. The highest BCUT2D eigenvalue weighted by molar-refractivity contribution is 7.99. The van der Waals surface area contributed by atoms with Gasteiger partial charge in [-0.15, -0.1) is 0 Å². The van der Waals surface area contributed by atoms with Crippen LogP contribution in [0, 0.1) is 0 Å². The minimum atomic E-state index is -1.03. The molecular formula is C21H23NO4S. The maximum Gasteiger partial charge on any atom is 0.343 e. The summed E-state index contributed by atoms with van der Waals surface area (Å²) in [5.41, 5.74) is 2.67. The van der Waals surface area contributed by atoms with E-state index in [1.807, 2.05) is 24.3 Å². The zero-order valence-corrected chi connectivity index (χ0v) is 16.4. The number of quaternary nitrogens is 1. The number of carbonyl (C=O) groups is 2. The van der Waals surface area contributed by atoms with Crippen molar-refractivity contribution in [1.29, 1.82) is 0 Å². The van der Waals surface area contributed by atoms with E-state index >= 15 is 0 Å². The maximum atomic E-state index is 12.3. The average molecular weight is 385 g/mol. The molecule has 1 aliphatic heterocycles. The maximum absolute atomic E-state index is 12.3. The van der Waals surface area contributed by atoms with Crippen LogP contribution in [0.3, 0.4) is 0 Å². The molecule has 27 heavy (non-hydrogen) atoms. The van der Waals surface area contributed by atoms with Crippen LogP contribution in [-0.2, 0) is 10.2 Å². The van der Waals surface area contributed by atoms with Gasteiger partial charge in [0.2, 0.25) is 0 Å². The Kier molecular flexibility index (Phi) is 5.58. The first-order valence-corrected chi connectivity index (χ1v) is 9.89. The van der Waals surface area contributed by atoms with Gasteiger partial charge >= 0.3 is 5.97 Å². The molecule has 1 heterocycles. The number of carboxylic acids is 1. The number of esters is 1. The summed E-state index contributed by atoms with van der Waals surface area (Å²) in [6.45, 7) is 6.37. The highest BCUT2D eigenvalue weighted by atomic mass is 32.2. The van der Waals surface area contributed by atoms with Crippen LogP contribution in [0.1, 0.15) is 47.6 Å². The topological polar surface area (TPSA) is 83.0 Å². The number of carbonyl (C=O) groups excluding carboxylic acids is 2. The Hall–Kier alpha value is -2.31. The first-order chi connectivity index (χ1) is 12.7. The molecule has 3 rings (SSSR count). The number of nitrogens with two attached hydrogens (primary N) is 1. The van der Waals surface area contributed by atoms with Crippen LogP contribution in [0.2, 0.25) is 0 Å². The average Bonchev–Trinajstić information content (AvgIpc) is 3.12. The van der Waals surface area contributed by atoms with Gasteiger partial charge in [0.1, 0.15) is 17.8 Å². The molecule has 0 aliphatic carbocycles. The summed E-state index contributed by atoms with van der Waals surface area (Å²) in [5.74, 6) is -0.452. The molecule has 1 fully saturated rings. The lowest BCUT2D eigenvalue weighted by molar-refractivity contribution is -0.690. The number of aliphatic carboxylic acids is 1. The molecule has 0 aromatic heterocycles. The molecule has 0 spiro atoms. The van der Waals surface area contributed by atoms with E-state index in [1.54, 1.807) is 41.3 Å². The molecule has 142 valence electrons. The molecule has 2 N–H and O–H groups in total. The molecule has 2 aromatic carbocycles.